The van der Waals surface area contributed by atoms with Gasteiger partial charge < -0.3 is 19.0 Å². The van der Waals surface area contributed by atoms with Gasteiger partial charge >= 0.3 is 0 Å². The highest BCUT2D eigenvalue weighted by Gasteiger charge is 2.25. The molecule has 104 valence electrons. The molecule has 0 saturated heterocycles. The summed E-state index contributed by atoms with van der Waals surface area (Å²) < 4.78 is 15.4. The van der Waals surface area contributed by atoms with Crippen molar-refractivity contribution in [3.05, 3.63) is 17.9 Å². The lowest BCUT2D eigenvalue weighted by Crippen LogP contribution is -2.00. The van der Waals surface area contributed by atoms with Crippen LogP contribution < -0.4 is 9.47 Å². The predicted octanol–water partition coefficient (Wildman–Crippen LogP) is 3.38. The number of benzene rings is 1. The van der Waals surface area contributed by atoms with E-state index in [1.165, 1.54) is 27.4 Å². The zero-order valence-corrected chi connectivity index (χ0v) is 11.7. The molecule has 5 heteroatoms. The molecule has 1 N–H and O–H groups in total. The summed E-state index contributed by atoms with van der Waals surface area (Å²) in [4.78, 5) is 11.6. The fourth-order valence-electron chi connectivity index (χ4n) is 1.86. The number of carbonyl (C=O) groups excluding carboxylic acids is 1. The van der Waals surface area contributed by atoms with Crippen molar-refractivity contribution in [1.82, 2.24) is 0 Å². The van der Waals surface area contributed by atoms with Gasteiger partial charge in [0.25, 0.3) is 0 Å². The van der Waals surface area contributed by atoms with Crippen molar-refractivity contribution < 1.29 is 23.8 Å². The summed E-state index contributed by atoms with van der Waals surface area (Å²) in [5.41, 5.74) is 0.449. The summed E-state index contributed by atoms with van der Waals surface area (Å²) in [6.07, 6.45) is 1.44. The number of Topliss-reactive ketones (excluding diaryl/α,β-unsaturated/α-hetero) is 1. The smallest absolute Gasteiger partial charge is 0.205 e. The minimum absolute atomic E-state index is 0.0956. The van der Waals surface area contributed by atoms with Gasteiger partial charge in [-0.25, -0.2) is 0 Å². The number of aromatic hydroxyl groups is 1. The number of hydrogen-bond donors (Lipinski definition) is 1. The molecule has 0 aliphatic rings. The largest absolute Gasteiger partial charge is 0.504 e. The van der Waals surface area contributed by atoms with E-state index in [0.29, 0.717) is 16.7 Å². The van der Waals surface area contributed by atoms with Crippen molar-refractivity contribution >= 4 is 16.8 Å². The van der Waals surface area contributed by atoms with Crippen LogP contribution in [-0.4, -0.2) is 25.1 Å². The maximum atomic E-state index is 11.6. The van der Waals surface area contributed by atoms with Crippen molar-refractivity contribution in [2.45, 2.75) is 20.8 Å². The van der Waals surface area contributed by atoms with E-state index in [-0.39, 0.29) is 22.8 Å². The number of furan rings is 1. The zero-order chi connectivity index (χ0) is 14.6. The molecule has 0 bridgehead atoms. The Morgan fingerprint density at radius 1 is 1.21 bits per heavy atom. The molecule has 0 fully saturated rings. The van der Waals surface area contributed by atoms with Gasteiger partial charge in [-0.2, -0.15) is 0 Å². The fourth-order valence-corrected chi connectivity index (χ4v) is 1.86. The van der Waals surface area contributed by atoms with Gasteiger partial charge in [-0.3, -0.25) is 4.79 Å². The van der Waals surface area contributed by atoms with Crippen molar-refractivity contribution in [3.8, 4) is 17.2 Å². The van der Waals surface area contributed by atoms with Gasteiger partial charge in [0.1, 0.15) is 11.3 Å². The molecule has 0 saturated carbocycles. The molecule has 0 atom stereocenters. The second-order valence-corrected chi connectivity index (χ2v) is 3.51. The number of phenolic OH excluding ortho intramolecular Hbond substituents is 1. The standard InChI is InChI=1S/C12H12O5.C2H6/c1-6(13)8-9(14)12(16-3)11-7(4-5-17-11)10(8)15-2;1-2/h4-5,14H,1-3H3;1-2H3. The van der Waals surface area contributed by atoms with Crippen molar-refractivity contribution in [2.24, 2.45) is 0 Å². The zero-order valence-electron chi connectivity index (χ0n) is 11.7. The molecule has 1 aromatic heterocycles. The highest BCUT2D eigenvalue weighted by atomic mass is 16.5. The van der Waals surface area contributed by atoms with Crippen LogP contribution in [0.2, 0.25) is 0 Å². The number of ether oxygens (including phenoxy) is 2. The molecular weight excluding hydrogens is 248 g/mol. The highest BCUT2D eigenvalue weighted by molar-refractivity contribution is 6.08. The van der Waals surface area contributed by atoms with Crippen LogP contribution in [0.15, 0.2) is 16.7 Å². The first-order valence-electron chi connectivity index (χ1n) is 5.96. The SMILES string of the molecule is CC.COc1c(C(C)=O)c(O)c(OC)c2occc12. The van der Waals surface area contributed by atoms with Gasteiger partial charge in [-0.05, 0) is 13.0 Å². The fraction of sp³-hybridized carbons (Fsp3) is 0.357. The maximum Gasteiger partial charge on any atom is 0.205 e. The van der Waals surface area contributed by atoms with E-state index in [4.69, 9.17) is 13.9 Å². The van der Waals surface area contributed by atoms with E-state index in [1.54, 1.807) is 6.07 Å². The molecule has 0 spiro atoms. The molecule has 5 nitrogen and oxygen atoms in total. The summed E-state index contributed by atoms with van der Waals surface area (Å²) in [5.74, 6) is -0.143. The molecule has 1 heterocycles. The first-order valence-corrected chi connectivity index (χ1v) is 5.96. The normalized spacial score (nSPS) is 9.74. The topological polar surface area (TPSA) is 68.9 Å². The monoisotopic (exact) mass is 266 g/mol. The maximum absolute atomic E-state index is 11.6. The van der Waals surface area contributed by atoms with Crippen LogP contribution >= 0.6 is 0 Å². The first-order chi connectivity index (χ1) is 9.11. The van der Waals surface area contributed by atoms with E-state index >= 15 is 0 Å². The molecule has 0 aliphatic heterocycles. The summed E-state index contributed by atoms with van der Waals surface area (Å²) in [7, 11) is 2.83. The van der Waals surface area contributed by atoms with Gasteiger partial charge in [-0.15, -0.1) is 0 Å². The summed E-state index contributed by atoms with van der Waals surface area (Å²) in [6, 6.07) is 1.66. The van der Waals surface area contributed by atoms with Crippen molar-refractivity contribution in [3.63, 3.8) is 0 Å². The molecule has 2 aromatic rings. The Hall–Kier alpha value is -2.17. The third-order valence-electron chi connectivity index (χ3n) is 2.56. The van der Waals surface area contributed by atoms with E-state index in [1.807, 2.05) is 13.8 Å². The summed E-state index contributed by atoms with van der Waals surface area (Å²) >= 11 is 0. The third kappa shape index (κ3) is 2.36. The van der Waals surface area contributed by atoms with Gasteiger partial charge in [0, 0.05) is 0 Å². The molecule has 0 aliphatic carbocycles. The number of rotatable bonds is 3. The van der Waals surface area contributed by atoms with Crippen LogP contribution in [0.5, 0.6) is 17.2 Å². The van der Waals surface area contributed by atoms with Crippen LogP contribution in [0.4, 0.5) is 0 Å². The molecule has 0 radical (unpaired) electrons. The minimum Gasteiger partial charge on any atom is -0.504 e. The van der Waals surface area contributed by atoms with Crippen molar-refractivity contribution in [1.29, 1.82) is 0 Å². The Bertz CT molecular complexity index is 583. The number of fused-ring (bicyclic) bond motifs is 1. The lowest BCUT2D eigenvalue weighted by Gasteiger charge is -2.12. The van der Waals surface area contributed by atoms with Crippen molar-refractivity contribution in [2.75, 3.05) is 14.2 Å². The van der Waals surface area contributed by atoms with Crippen LogP contribution in [0.3, 0.4) is 0 Å². The van der Waals surface area contributed by atoms with Gasteiger partial charge in [0.15, 0.2) is 17.1 Å². The van der Waals surface area contributed by atoms with Crippen LogP contribution in [0, 0.1) is 0 Å². The Morgan fingerprint density at radius 2 is 1.79 bits per heavy atom. The Kier molecular flexibility index (Phi) is 4.80. The first kappa shape index (κ1) is 14.9. The number of ketones is 1. The number of methoxy groups -OCH3 is 2. The second kappa shape index (κ2) is 6.13. The highest BCUT2D eigenvalue weighted by Crippen LogP contribution is 2.45. The van der Waals surface area contributed by atoms with E-state index in [2.05, 4.69) is 0 Å². The van der Waals surface area contributed by atoms with Gasteiger partial charge in [0.2, 0.25) is 5.75 Å². The molecule has 0 unspecified atom stereocenters. The van der Waals surface area contributed by atoms with Gasteiger partial charge in [0.05, 0.1) is 25.9 Å². The predicted molar refractivity (Wildman–Crippen MR) is 72.3 cm³/mol. The Labute approximate surface area is 111 Å². The number of carbonyl (C=O) groups is 1. The summed E-state index contributed by atoms with van der Waals surface area (Å²) in [6.45, 7) is 5.35. The quantitative estimate of drug-likeness (QED) is 0.862. The van der Waals surface area contributed by atoms with Crippen LogP contribution in [0.25, 0.3) is 11.0 Å². The van der Waals surface area contributed by atoms with Crippen LogP contribution in [0.1, 0.15) is 31.1 Å². The number of hydrogen-bond acceptors (Lipinski definition) is 5. The van der Waals surface area contributed by atoms with Crippen LogP contribution in [-0.2, 0) is 0 Å². The lowest BCUT2D eigenvalue weighted by molar-refractivity contribution is 0.101. The molecular formula is C14H18O5. The average molecular weight is 266 g/mol. The summed E-state index contributed by atoms with van der Waals surface area (Å²) in [5, 5.41) is 10.6. The second-order valence-electron chi connectivity index (χ2n) is 3.51. The Balaban J connectivity index is 0.000000861. The minimum atomic E-state index is -0.305. The molecule has 2 rings (SSSR count). The van der Waals surface area contributed by atoms with E-state index < -0.39 is 0 Å². The van der Waals surface area contributed by atoms with E-state index in [9.17, 15) is 9.90 Å². The number of phenols is 1. The molecule has 19 heavy (non-hydrogen) atoms. The molecule has 0 amide bonds. The molecule has 1 aromatic carbocycles. The third-order valence-corrected chi connectivity index (χ3v) is 2.56. The Morgan fingerprint density at radius 3 is 2.26 bits per heavy atom. The van der Waals surface area contributed by atoms with E-state index in [0.717, 1.165) is 0 Å². The van der Waals surface area contributed by atoms with Gasteiger partial charge in [-0.1, -0.05) is 13.8 Å². The lowest BCUT2D eigenvalue weighted by atomic mass is 10.1. The average Bonchev–Trinajstić information content (AvgIpc) is 2.88.